The quantitative estimate of drug-likeness (QED) is 0.226. The van der Waals surface area contributed by atoms with Gasteiger partial charge in [0.15, 0.2) is 40.0 Å². The number of hydrogen-bond acceptors (Lipinski definition) is 15. The Hall–Kier alpha value is -4.41. The smallest absolute Gasteiger partial charge is 0.331 e. The van der Waals surface area contributed by atoms with Crippen molar-refractivity contribution in [3.8, 4) is 40.2 Å². The molecule has 54 heavy (non-hydrogen) atoms. The van der Waals surface area contributed by atoms with Crippen LogP contribution in [0.1, 0.15) is 68.8 Å². The van der Waals surface area contributed by atoms with Gasteiger partial charge in [-0.25, -0.2) is 4.79 Å². The highest BCUT2D eigenvalue weighted by Gasteiger charge is 2.61. The SMILES string of the molecule is COc1cc2c(cc1O)CCN[C@@]21CS[C@H]2c3c(OC(C)=O)c(C)c4c(c3C(COC1=O)N1C2C2c3c(cc(C)c(OC)c3O)CC([C@@H]1O)N2C)OCO4. The number of ether oxygens (including phenoxy) is 6. The number of phenols is 2. The van der Waals surface area contributed by atoms with Crippen LogP contribution in [0.15, 0.2) is 18.2 Å². The number of benzene rings is 3. The Kier molecular flexibility index (Phi) is 8.21. The topological polar surface area (TPSA) is 169 Å². The minimum Gasteiger partial charge on any atom is -0.504 e. The minimum absolute atomic E-state index is 0.0226. The van der Waals surface area contributed by atoms with Gasteiger partial charge in [0.25, 0.3) is 0 Å². The number of rotatable bonds is 3. The number of likely N-dealkylation sites (N-methyl/N-ethyl adjacent to an activating group) is 1. The molecule has 3 aromatic rings. The van der Waals surface area contributed by atoms with E-state index in [-0.39, 0.29) is 42.4 Å². The average molecular weight is 762 g/mol. The van der Waals surface area contributed by atoms with E-state index in [0.717, 1.165) is 16.7 Å². The summed E-state index contributed by atoms with van der Waals surface area (Å²) in [5, 5.41) is 38.2. The molecule has 7 aliphatic heterocycles. The van der Waals surface area contributed by atoms with Gasteiger partial charge in [-0.3, -0.25) is 19.9 Å². The summed E-state index contributed by atoms with van der Waals surface area (Å²) in [7, 11) is 4.96. The zero-order chi connectivity index (χ0) is 38.0. The molecule has 15 heteroatoms. The summed E-state index contributed by atoms with van der Waals surface area (Å²) in [6.07, 6.45) is -0.0282. The second kappa shape index (κ2) is 12.6. The fraction of sp³-hybridized carbons (Fsp3) is 0.487. The molecule has 2 fully saturated rings. The maximum absolute atomic E-state index is 14.7. The van der Waals surface area contributed by atoms with Gasteiger partial charge in [0.05, 0.1) is 37.6 Å². The van der Waals surface area contributed by atoms with Crippen molar-refractivity contribution in [3.63, 3.8) is 0 Å². The lowest BCUT2D eigenvalue weighted by Gasteiger charge is -2.62. The third-order valence-electron chi connectivity index (χ3n) is 12.3. The number of nitrogens with one attached hydrogen (secondary N) is 1. The number of nitrogens with zero attached hydrogens (tertiary/aromatic N) is 2. The summed E-state index contributed by atoms with van der Waals surface area (Å²) < 4.78 is 35.9. The molecule has 7 atom stereocenters. The molecule has 0 aromatic heterocycles. The summed E-state index contributed by atoms with van der Waals surface area (Å²) in [6.45, 7) is 5.26. The fourth-order valence-corrected chi connectivity index (χ4v) is 11.7. The number of hydrogen-bond donors (Lipinski definition) is 4. The summed E-state index contributed by atoms with van der Waals surface area (Å²) in [6, 6.07) is 3.13. The summed E-state index contributed by atoms with van der Waals surface area (Å²) in [5.41, 5.74) is 4.36. The molecule has 3 aromatic carbocycles. The zero-order valence-electron chi connectivity index (χ0n) is 30.8. The molecule has 286 valence electrons. The van der Waals surface area contributed by atoms with Crippen LogP contribution in [0, 0.1) is 13.8 Å². The van der Waals surface area contributed by atoms with E-state index in [1.165, 1.54) is 32.9 Å². The van der Waals surface area contributed by atoms with E-state index >= 15 is 0 Å². The number of carbonyl (C=O) groups is 2. The van der Waals surface area contributed by atoms with Crippen molar-refractivity contribution in [1.29, 1.82) is 0 Å². The maximum atomic E-state index is 14.7. The number of aliphatic hydroxyl groups excluding tert-OH is 1. The Balaban J connectivity index is 1.32. The Morgan fingerprint density at radius 3 is 2.54 bits per heavy atom. The van der Waals surface area contributed by atoms with Gasteiger partial charge >= 0.3 is 11.9 Å². The highest BCUT2D eigenvalue weighted by atomic mass is 32.2. The van der Waals surface area contributed by atoms with Crippen LogP contribution in [0.25, 0.3) is 0 Å². The van der Waals surface area contributed by atoms with E-state index in [9.17, 15) is 24.9 Å². The van der Waals surface area contributed by atoms with E-state index in [0.29, 0.717) is 70.2 Å². The molecule has 2 saturated heterocycles. The van der Waals surface area contributed by atoms with Gasteiger partial charge in [-0.05, 0) is 68.1 Å². The number of phenolic OH excluding ortho intramolecular Hbond substituents is 2. The minimum atomic E-state index is -1.36. The lowest BCUT2D eigenvalue weighted by molar-refractivity contribution is -0.186. The van der Waals surface area contributed by atoms with Crippen LogP contribution in [0.5, 0.6) is 40.2 Å². The van der Waals surface area contributed by atoms with Crippen molar-refractivity contribution < 1.29 is 53.3 Å². The molecule has 7 heterocycles. The van der Waals surface area contributed by atoms with Crippen LogP contribution >= 0.6 is 11.8 Å². The molecular weight excluding hydrogens is 719 g/mol. The van der Waals surface area contributed by atoms with Crippen LogP contribution < -0.4 is 29.0 Å². The van der Waals surface area contributed by atoms with Crippen LogP contribution in [-0.2, 0) is 32.7 Å². The first-order valence-corrected chi connectivity index (χ1v) is 19.1. The normalized spacial score (nSPS) is 29.4. The van der Waals surface area contributed by atoms with Crippen LogP contribution in [0.3, 0.4) is 0 Å². The van der Waals surface area contributed by atoms with Crippen molar-refractivity contribution >= 4 is 23.7 Å². The molecule has 4 N–H and O–H groups in total. The Morgan fingerprint density at radius 2 is 1.80 bits per heavy atom. The second-order valence-corrected chi connectivity index (χ2v) is 16.1. The van der Waals surface area contributed by atoms with Crippen molar-refractivity contribution in [2.24, 2.45) is 0 Å². The lowest BCUT2D eigenvalue weighted by atomic mass is 9.73. The third-order valence-corrected chi connectivity index (χ3v) is 13.7. The van der Waals surface area contributed by atoms with E-state index < -0.39 is 47.1 Å². The molecule has 0 aliphatic carbocycles. The van der Waals surface area contributed by atoms with Crippen molar-refractivity contribution in [2.75, 3.05) is 47.0 Å². The van der Waals surface area contributed by atoms with Gasteiger partial charge in [0.2, 0.25) is 6.79 Å². The molecule has 10 rings (SSSR count). The number of fused-ring (bicyclic) bond motifs is 9. The molecule has 7 aliphatic rings. The first kappa shape index (κ1) is 35.3. The van der Waals surface area contributed by atoms with Gasteiger partial charge in [0, 0.05) is 47.5 Å². The maximum Gasteiger partial charge on any atom is 0.331 e. The lowest BCUT2D eigenvalue weighted by Crippen LogP contribution is -2.70. The highest BCUT2D eigenvalue weighted by Crippen LogP contribution is 2.64. The Morgan fingerprint density at radius 1 is 1.02 bits per heavy atom. The van der Waals surface area contributed by atoms with E-state index in [1.807, 2.05) is 31.9 Å². The Bertz CT molecular complexity index is 2130. The first-order valence-electron chi connectivity index (χ1n) is 18.1. The monoisotopic (exact) mass is 761 g/mol. The molecule has 0 radical (unpaired) electrons. The van der Waals surface area contributed by atoms with Gasteiger partial charge in [0.1, 0.15) is 18.6 Å². The van der Waals surface area contributed by atoms with Crippen LogP contribution in [0.4, 0.5) is 0 Å². The zero-order valence-corrected chi connectivity index (χ0v) is 31.7. The Labute approximate surface area is 316 Å². The van der Waals surface area contributed by atoms with Gasteiger partial charge < -0.3 is 43.7 Å². The van der Waals surface area contributed by atoms with E-state index in [2.05, 4.69) is 10.2 Å². The van der Waals surface area contributed by atoms with Crippen LogP contribution in [0.2, 0.25) is 0 Å². The van der Waals surface area contributed by atoms with Crippen molar-refractivity contribution in [3.05, 3.63) is 62.7 Å². The average Bonchev–Trinajstić information content (AvgIpc) is 3.63. The first-order chi connectivity index (χ1) is 25.9. The third kappa shape index (κ3) is 4.74. The summed E-state index contributed by atoms with van der Waals surface area (Å²) in [5.74, 6) is 0.949. The second-order valence-electron chi connectivity index (χ2n) is 14.9. The molecular formula is C39H43N3O11S. The number of aryl methyl sites for hydroxylation is 1. The van der Waals surface area contributed by atoms with E-state index in [4.69, 9.17) is 28.4 Å². The standard InChI is InChI=1S/C39H43N3O11S/c1-16-9-20-10-22-37(46)42-23-13-50-38(47)39(21-12-25(48-5)24(44)11-19(21)7-8-40-39)14-54-36(30(42)29(41(22)4)26(20)31(45)32(16)49-6)28-27(23)35-34(51-15-52-35)17(2)33(28)53-18(3)43/h9,11-12,22-23,29-30,36-37,40,44-46H,7-8,10,13-15H2,1-6H3/t22?,23?,29?,30?,36-,37-,39-/m0/s1. The number of piperazine rings is 1. The number of thioether (sulfide) groups is 1. The van der Waals surface area contributed by atoms with Crippen LogP contribution in [-0.4, -0.2) is 102 Å². The highest BCUT2D eigenvalue weighted by molar-refractivity contribution is 7.99. The summed E-state index contributed by atoms with van der Waals surface area (Å²) >= 11 is 1.47. The predicted molar refractivity (Wildman–Crippen MR) is 195 cm³/mol. The van der Waals surface area contributed by atoms with Gasteiger partial charge in [-0.2, -0.15) is 0 Å². The molecule has 14 nitrogen and oxygen atoms in total. The van der Waals surface area contributed by atoms with Gasteiger partial charge in [-0.15, -0.1) is 11.8 Å². The molecule has 4 bridgehead atoms. The number of carbonyl (C=O) groups excluding carboxylic acids is 2. The number of aromatic hydroxyl groups is 2. The number of methoxy groups -OCH3 is 2. The molecule has 0 amide bonds. The fourth-order valence-electron chi connectivity index (χ4n) is 10.00. The molecule has 0 saturated carbocycles. The van der Waals surface area contributed by atoms with Crippen molar-refractivity contribution in [1.82, 2.24) is 15.1 Å². The summed E-state index contributed by atoms with van der Waals surface area (Å²) in [4.78, 5) is 31.7. The number of aliphatic hydroxyl groups is 1. The van der Waals surface area contributed by atoms with Gasteiger partial charge in [-0.1, -0.05) is 6.07 Å². The molecule has 4 unspecified atom stereocenters. The van der Waals surface area contributed by atoms with E-state index in [1.54, 1.807) is 12.1 Å². The molecule has 1 spiro atoms. The predicted octanol–water partition coefficient (Wildman–Crippen LogP) is 3.41. The largest absolute Gasteiger partial charge is 0.504 e. The van der Waals surface area contributed by atoms with Crippen molar-refractivity contribution in [2.45, 2.75) is 74.8 Å². The number of esters is 2.